The van der Waals surface area contributed by atoms with E-state index in [1.807, 2.05) is 0 Å². The molecule has 3 rings (SSSR count). The predicted molar refractivity (Wildman–Crippen MR) is 79.1 cm³/mol. The SMILES string of the molecule is O=C(Nc1ccc(-c2noc(C(F)(F)F)n2)cc1F)c1ccccc1. The van der Waals surface area contributed by atoms with Crippen molar-refractivity contribution in [3.8, 4) is 11.4 Å². The first kappa shape index (κ1) is 16.6. The molecular weight excluding hydrogens is 342 g/mol. The van der Waals surface area contributed by atoms with Crippen LogP contribution in [0.3, 0.4) is 0 Å². The van der Waals surface area contributed by atoms with Crippen molar-refractivity contribution in [2.45, 2.75) is 6.18 Å². The van der Waals surface area contributed by atoms with Crippen molar-refractivity contribution in [2.24, 2.45) is 0 Å². The molecule has 128 valence electrons. The van der Waals surface area contributed by atoms with Crippen LogP contribution in [0.1, 0.15) is 16.2 Å². The summed E-state index contributed by atoms with van der Waals surface area (Å²) in [6.07, 6.45) is -4.78. The third-order valence-corrected chi connectivity index (χ3v) is 3.18. The van der Waals surface area contributed by atoms with Gasteiger partial charge in [0.2, 0.25) is 5.82 Å². The van der Waals surface area contributed by atoms with E-state index in [4.69, 9.17) is 0 Å². The fourth-order valence-corrected chi connectivity index (χ4v) is 2.00. The largest absolute Gasteiger partial charge is 0.471 e. The van der Waals surface area contributed by atoms with Crippen molar-refractivity contribution in [1.82, 2.24) is 10.1 Å². The first-order valence-electron chi connectivity index (χ1n) is 6.92. The predicted octanol–water partition coefficient (Wildman–Crippen LogP) is 4.15. The molecule has 5 nitrogen and oxygen atoms in total. The van der Waals surface area contributed by atoms with Crippen molar-refractivity contribution in [3.63, 3.8) is 0 Å². The maximum absolute atomic E-state index is 14.1. The van der Waals surface area contributed by atoms with E-state index in [-0.39, 0.29) is 11.3 Å². The molecule has 0 spiro atoms. The zero-order valence-electron chi connectivity index (χ0n) is 12.3. The maximum Gasteiger partial charge on any atom is 0.471 e. The number of nitrogens with zero attached hydrogens (tertiary/aromatic N) is 2. The second-order valence-electron chi connectivity index (χ2n) is 4.94. The van der Waals surface area contributed by atoms with Gasteiger partial charge in [-0.2, -0.15) is 18.2 Å². The van der Waals surface area contributed by atoms with Gasteiger partial charge < -0.3 is 9.84 Å². The number of benzene rings is 2. The lowest BCUT2D eigenvalue weighted by molar-refractivity contribution is -0.159. The molecule has 0 aliphatic carbocycles. The number of rotatable bonds is 3. The van der Waals surface area contributed by atoms with Gasteiger partial charge in [0.1, 0.15) is 5.82 Å². The summed E-state index contributed by atoms with van der Waals surface area (Å²) in [4.78, 5) is 15.2. The molecule has 0 aliphatic rings. The van der Waals surface area contributed by atoms with Crippen LogP contribution in [-0.2, 0) is 6.18 Å². The molecule has 25 heavy (non-hydrogen) atoms. The van der Waals surface area contributed by atoms with Gasteiger partial charge >= 0.3 is 12.1 Å². The monoisotopic (exact) mass is 351 g/mol. The van der Waals surface area contributed by atoms with E-state index < -0.39 is 29.6 Å². The number of nitrogens with one attached hydrogen (secondary N) is 1. The molecule has 0 saturated heterocycles. The van der Waals surface area contributed by atoms with E-state index in [0.717, 1.165) is 6.07 Å². The van der Waals surface area contributed by atoms with E-state index >= 15 is 0 Å². The lowest BCUT2D eigenvalue weighted by Gasteiger charge is -2.07. The number of alkyl halides is 3. The third kappa shape index (κ3) is 3.65. The van der Waals surface area contributed by atoms with Crippen LogP contribution in [0, 0.1) is 5.82 Å². The summed E-state index contributed by atoms with van der Waals surface area (Å²) in [5, 5.41) is 5.55. The molecular formula is C16H9F4N3O2. The number of hydrogen-bond donors (Lipinski definition) is 1. The van der Waals surface area contributed by atoms with Crippen molar-refractivity contribution in [3.05, 3.63) is 65.8 Å². The molecule has 0 unspecified atom stereocenters. The first-order chi connectivity index (χ1) is 11.8. The normalized spacial score (nSPS) is 11.4. The zero-order chi connectivity index (χ0) is 18.0. The van der Waals surface area contributed by atoms with Crippen LogP contribution in [-0.4, -0.2) is 16.0 Å². The van der Waals surface area contributed by atoms with Gasteiger partial charge in [-0.15, -0.1) is 0 Å². The molecule has 1 amide bonds. The molecule has 0 radical (unpaired) electrons. The second-order valence-corrected chi connectivity index (χ2v) is 4.94. The quantitative estimate of drug-likeness (QED) is 0.720. The highest BCUT2D eigenvalue weighted by molar-refractivity contribution is 6.04. The summed E-state index contributed by atoms with van der Waals surface area (Å²) in [5.41, 5.74) is 0.186. The first-order valence-corrected chi connectivity index (χ1v) is 6.92. The van der Waals surface area contributed by atoms with E-state index in [1.165, 1.54) is 12.1 Å². The average molecular weight is 351 g/mol. The van der Waals surface area contributed by atoms with Gasteiger partial charge in [-0.25, -0.2) is 4.39 Å². The molecule has 3 aromatic rings. The molecule has 9 heteroatoms. The Morgan fingerprint density at radius 1 is 1.08 bits per heavy atom. The Kier molecular flexibility index (Phi) is 4.22. The molecule has 0 saturated carbocycles. The van der Waals surface area contributed by atoms with Gasteiger partial charge in [-0.05, 0) is 30.3 Å². The smallest absolute Gasteiger partial charge is 0.329 e. The maximum atomic E-state index is 14.1. The molecule has 1 heterocycles. The van der Waals surface area contributed by atoms with E-state index in [9.17, 15) is 22.4 Å². The minimum atomic E-state index is -4.78. The Labute approximate surface area is 138 Å². The highest BCUT2D eigenvalue weighted by Gasteiger charge is 2.38. The summed E-state index contributed by atoms with van der Waals surface area (Å²) in [5.74, 6) is -3.30. The van der Waals surface area contributed by atoms with Crippen molar-refractivity contribution < 1.29 is 26.9 Å². The number of carbonyl (C=O) groups excluding carboxylic acids is 1. The van der Waals surface area contributed by atoms with Crippen LogP contribution in [0.2, 0.25) is 0 Å². The number of hydrogen-bond acceptors (Lipinski definition) is 4. The van der Waals surface area contributed by atoms with Crippen molar-refractivity contribution in [1.29, 1.82) is 0 Å². The summed E-state index contributed by atoms with van der Waals surface area (Å²) >= 11 is 0. The summed E-state index contributed by atoms with van der Waals surface area (Å²) in [7, 11) is 0. The number of aromatic nitrogens is 2. The number of amides is 1. The summed E-state index contributed by atoms with van der Waals surface area (Å²) < 4.78 is 55.6. The van der Waals surface area contributed by atoms with E-state index in [1.54, 1.807) is 30.3 Å². The molecule has 0 atom stereocenters. The minimum absolute atomic E-state index is 0.0190. The lowest BCUT2D eigenvalue weighted by Crippen LogP contribution is -2.12. The Morgan fingerprint density at radius 3 is 2.40 bits per heavy atom. The minimum Gasteiger partial charge on any atom is -0.329 e. The van der Waals surface area contributed by atoms with Crippen molar-refractivity contribution >= 4 is 11.6 Å². The molecule has 0 fully saturated rings. The fraction of sp³-hybridized carbons (Fsp3) is 0.0625. The average Bonchev–Trinajstić information content (AvgIpc) is 3.08. The highest BCUT2D eigenvalue weighted by Crippen LogP contribution is 2.30. The Balaban J connectivity index is 1.81. The van der Waals surface area contributed by atoms with Crippen LogP contribution in [0.15, 0.2) is 53.1 Å². The van der Waals surface area contributed by atoms with Gasteiger partial charge in [0.25, 0.3) is 5.91 Å². The van der Waals surface area contributed by atoms with Gasteiger partial charge in [0.05, 0.1) is 5.69 Å². The molecule has 1 aromatic heterocycles. The fourth-order valence-electron chi connectivity index (χ4n) is 2.00. The van der Waals surface area contributed by atoms with Gasteiger partial charge in [-0.1, -0.05) is 23.4 Å². The third-order valence-electron chi connectivity index (χ3n) is 3.18. The molecule has 1 N–H and O–H groups in total. The Bertz CT molecular complexity index is 907. The second kappa shape index (κ2) is 6.34. The zero-order valence-corrected chi connectivity index (χ0v) is 12.3. The topological polar surface area (TPSA) is 68.0 Å². The molecule has 0 bridgehead atoms. The summed E-state index contributed by atoms with van der Waals surface area (Å²) in [6.45, 7) is 0. The number of carbonyl (C=O) groups is 1. The molecule has 0 aliphatic heterocycles. The Morgan fingerprint density at radius 2 is 1.80 bits per heavy atom. The van der Waals surface area contributed by atoms with Crippen LogP contribution in [0.4, 0.5) is 23.2 Å². The van der Waals surface area contributed by atoms with Crippen LogP contribution >= 0.6 is 0 Å². The Hall–Kier alpha value is -3.23. The van der Waals surface area contributed by atoms with Gasteiger partial charge in [-0.3, -0.25) is 4.79 Å². The standard InChI is InChI=1S/C16H9F4N3O2/c17-11-8-10(13-22-15(25-23-13)16(18,19)20)6-7-12(11)21-14(24)9-4-2-1-3-5-9/h1-8H,(H,21,24). The lowest BCUT2D eigenvalue weighted by atomic mass is 10.1. The van der Waals surface area contributed by atoms with E-state index in [2.05, 4.69) is 20.0 Å². The van der Waals surface area contributed by atoms with Crippen LogP contribution in [0.5, 0.6) is 0 Å². The van der Waals surface area contributed by atoms with E-state index in [0.29, 0.717) is 5.56 Å². The van der Waals surface area contributed by atoms with Crippen molar-refractivity contribution in [2.75, 3.05) is 5.32 Å². The molecule has 2 aromatic carbocycles. The van der Waals surface area contributed by atoms with Crippen LogP contribution in [0.25, 0.3) is 11.4 Å². The van der Waals surface area contributed by atoms with Gasteiger partial charge in [0, 0.05) is 11.1 Å². The van der Waals surface area contributed by atoms with Crippen LogP contribution < -0.4 is 5.32 Å². The highest BCUT2D eigenvalue weighted by atomic mass is 19.4. The number of halogens is 4. The van der Waals surface area contributed by atoms with Gasteiger partial charge in [0.15, 0.2) is 0 Å². The number of anilines is 1. The summed E-state index contributed by atoms with van der Waals surface area (Å²) in [6, 6.07) is 11.5.